The molecule has 0 aliphatic carbocycles. The Hall–Kier alpha value is -0.960. The first kappa shape index (κ1) is 12.1. The molecule has 1 N–H and O–H groups in total. The van der Waals surface area contributed by atoms with E-state index in [0.717, 1.165) is 5.69 Å². The van der Waals surface area contributed by atoms with Crippen molar-refractivity contribution < 1.29 is 5.11 Å². The first-order chi connectivity index (χ1) is 6.97. The summed E-state index contributed by atoms with van der Waals surface area (Å²) in [5, 5.41) is 10.6. The predicted octanol–water partition coefficient (Wildman–Crippen LogP) is 2.06. The molecule has 0 unspecified atom stereocenters. The third-order valence-electron chi connectivity index (χ3n) is 3.08. The van der Waals surface area contributed by atoms with Crippen LogP contribution in [0.3, 0.4) is 0 Å². The second-order valence-corrected chi connectivity index (χ2v) is 4.67. The number of nitrogens with zero attached hydrogens (tertiary/aromatic N) is 2. The van der Waals surface area contributed by atoms with Gasteiger partial charge in [0, 0.05) is 25.0 Å². The summed E-state index contributed by atoms with van der Waals surface area (Å²) in [6.45, 7) is 8.15. The first-order valence-corrected chi connectivity index (χ1v) is 5.44. The lowest BCUT2D eigenvalue weighted by atomic mass is 9.77. The molecule has 1 aromatic rings. The van der Waals surface area contributed by atoms with E-state index in [0.29, 0.717) is 6.42 Å². The van der Waals surface area contributed by atoms with Crippen molar-refractivity contribution in [3.05, 3.63) is 24.3 Å². The quantitative estimate of drug-likeness (QED) is 0.823. The highest BCUT2D eigenvalue weighted by Crippen LogP contribution is 2.29. The van der Waals surface area contributed by atoms with E-state index in [2.05, 4.69) is 9.97 Å². The van der Waals surface area contributed by atoms with Gasteiger partial charge in [0.15, 0.2) is 0 Å². The molecule has 0 amide bonds. The van der Waals surface area contributed by atoms with Gasteiger partial charge < -0.3 is 5.11 Å². The topological polar surface area (TPSA) is 46.0 Å². The fraction of sp³-hybridized carbons (Fsp3) is 0.667. The van der Waals surface area contributed by atoms with Crippen molar-refractivity contribution in [1.82, 2.24) is 9.97 Å². The molecule has 0 saturated heterocycles. The summed E-state index contributed by atoms with van der Waals surface area (Å²) in [6, 6.07) is 0. The van der Waals surface area contributed by atoms with E-state index in [1.807, 2.05) is 27.7 Å². The molecule has 1 heterocycles. The zero-order chi connectivity index (χ0) is 11.5. The molecule has 0 atom stereocenters. The van der Waals surface area contributed by atoms with Crippen molar-refractivity contribution in [3.63, 3.8) is 0 Å². The molecule has 84 valence electrons. The maximum atomic E-state index is 10.6. The van der Waals surface area contributed by atoms with Crippen LogP contribution in [0.25, 0.3) is 0 Å². The second kappa shape index (κ2) is 4.71. The summed E-state index contributed by atoms with van der Waals surface area (Å²) in [7, 11) is 0. The highest BCUT2D eigenvalue weighted by Gasteiger charge is 2.35. The molecule has 0 aliphatic rings. The summed E-state index contributed by atoms with van der Waals surface area (Å²) < 4.78 is 0. The molecule has 1 aromatic heterocycles. The minimum atomic E-state index is -0.698. The van der Waals surface area contributed by atoms with Crippen molar-refractivity contribution in [2.24, 2.45) is 11.8 Å². The second-order valence-electron chi connectivity index (χ2n) is 4.67. The molecule has 0 radical (unpaired) electrons. The van der Waals surface area contributed by atoms with Crippen LogP contribution in [0, 0.1) is 11.8 Å². The van der Waals surface area contributed by atoms with Gasteiger partial charge in [-0.25, -0.2) is 0 Å². The fourth-order valence-electron chi connectivity index (χ4n) is 1.79. The van der Waals surface area contributed by atoms with Gasteiger partial charge in [-0.1, -0.05) is 27.7 Å². The average Bonchev–Trinajstić information content (AvgIpc) is 2.18. The minimum absolute atomic E-state index is 0.208. The summed E-state index contributed by atoms with van der Waals surface area (Å²) in [5.74, 6) is 0.416. The summed E-state index contributed by atoms with van der Waals surface area (Å²) in [4.78, 5) is 8.22. The van der Waals surface area contributed by atoms with Gasteiger partial charge in [-0.2, -0.15) is 0 Å². The smallest absolute Gasteiger partial charge is 0.0749 e. The van der Waals surface area contributed by atoms with Crippen molar-refractivity contribution in [2.75, 3.05) is 0 Å². The maximum absolute atomic E-state index is 10.6. The lowest BCUT2D eigenvalue weighted by Gasteiger charge is -2.35. The molecule has 1 rings (SSSR count). The lowest BCUT2D eigenvalue weighted by Crippen LogP contribution is -2.43. The van der Waals surface area contributed by atoms with Crippen LogP contribution in [-0.2, 0) is 6.42 Å². The SMILES string of the molecule is CC(C)C(O)(Cc1cnccn1)C(C)C. The molecule has 0 saturated carbocycles. The Bertz CT molecular complexity index is 288. The van der Waals surface area contributed by atoms with E-state index in [4.69, 9.17) is 0 Å². The zero-order valence-electron chi connectivity index (χ0n) is 9.94. The Morgan fingerprint density at radius 1 is 1.20 bits per heavy atom. The molecule has 0 aromatic carbocycles. The van der Waals surface area contributed by atoms with E-state index in [1.165, 1.54) is 0 Å². The fourth-order valence-corrected chi connectivity index (χ4v) is 1.79. The number of aliphatic hydroxyl groups is 1. The Morgan fingerprint density at radius 3 is 2.20 bits per heavy atom. The van der Waals surface area contributed by atoms with Crippen LogP contribution >= 0.6 is 0 Å². The van der Waals surface area contributed by atoms with Crippen molar-refractivity contribution in [1.29, 1.82) is 0 Å². The Kier molecular flexibility index (Phi) is 3.80. The van der Waals surface area contributed by atoms with E-state index in [1.54, 1.807) is 18.6 Å². The van der Waals surface area contributed by atoms with E-state index >= 15 is 0 Å². The molecule has 0 aliphatic heterocycles. The van der Waals surface area contributed by atoms with Gasteiger partial charge in [-0.05, 0) is 11.8 Å². The van der Waals surface area contributed by atoms with Crippen LogP contribution in [-0.4, -0.2) is 20.7 Å². The highest BCUT2D eigenvalue weighted by atomic mass is 16.3. The van der Waals surface area contributed by atoms with Crippen molar-refractivity contribution in [3.8, 4) is 0 Å². The van der Waals surface area contributed by atoms with Gasteiger partial charge >= 0.3 is 0 Å². The first-order valence-electron chi connectivity index (χ1n) is 5.44. The molecule has 0 fully saturated rings. The van der Waals surface area contributed by atoms with Gasteiger partial charge in [0.05, 0.1) is 11.3 Å². The van der Waals surface area contributed by atoms with Crippen molar-refractivity contribution in [2.45, 2.75) is 39.7 Å². The average molecular weight is 208 g/mol. The molecule has 0 spiro atoms. The van der Waals surface area contributed by atoms with Gasteiger partial charge in [0.25, 0.3) is 0 Å². The normalized spacial score (nSPS) is 12.5. The van der Waals surface area contributed by atoms with E-state index in [9.17, 15) is 5.11 Å². The lowest BCUT2D eigenvalue weighted by molar-refractivity contribution is -0.0470. The van der Waals surface area contributed by atoms with Crippen LogP contribution in [0.15, 0.2) is 18.6 Å². The highest BCUT2D eigenvalue weighted by molar-refractivity contribution is 5.03. The minimum Gasteiger partial charge on any atom is -0.389 e. The number of hydrogen-bond acceptors (Lipinski definition) is 3. The Labute approximate surface area is 91.6 Å². The summed E-state index contributed by atoms with van der Waals surface area (Å²) in [5.41, 5.74) is 0.151. The molecule has 3 nitrogen and oxygen atoms in total. The van der Waals surface area contributed by atoms with Crippen LogP contribution in [0.2, 0.25) is 0 Å². The molecule has 3 heteroatoms. The van der Waals surface area contributed by atoms with Gasteiger partial charge in [0.1, 0.15) is 0 Å². The standard InChI is InChI=1S/C12H20N2O/c1-9(2)12(15,10(3)4)7-11-8-13-5-6-14-11/h5-6,8-10,15H,7H2,1-4H3. The molecule has 15 heavy (non-hydrogen) atoms. The zero-order valence-corrected chi connectivity index (χ0v) is 9.94. The molecular formula is C12H20N2O. The van der Waals surface area contributed by atoms with Crippen LogP contribution in [0.5, 0.6) is 0 Å². The Morgan fingerprint density at radius 2 is 1.80 bits per heavy atom. The van der Waals surface area contributed by atoms with Gasteiger partial charge in [-0.15, -0.1) is 0 Å². The van der Waals surface area contributed by atoms with E-state index in [-0.39, 0.29) is 11.8 Å². The predicted molar refractivity (Wildman–Crippen MR) is 60.4 cm³/mol. The van der Waals surface area contributed by atoms with Crippen LogP contribution in [0.4, 0.5) is 0 Å². The summed E-state index contributed by atoms with van der Waals surface area (Å²) in [6.07, 6.45) is 5.59. The maximum Gasteiger partial charge on any atom is 0.0749 e. The third kappa shape index (κ3) is 2.75. The van der Waals surface area contributed by atoms with E-state index < -0.39 is 5.60 Å². The number of aromatic nitrogens is 2. The van der Waals surface area contributed by atoms with Crippen LogP contribution in [0.1, 0.15) is 33.4 Å². The number of rotatable bonds is 4. The summed E-state index contributed by atoms with van der Waals surface area (Å²) >= 11 is 0. The Balaban J connectivity index is 2.85. The third-order valence-corrected chi connectivity index (χ3v) is 3.08. The van der Waals surface area contributed by atoms with Gasteiger partial charge in [-0.3, -0.25) is 9.97 Å². The molecule has 0 bridgehead atoms. The molecular weight excluding hydrogens is 188 g/mol. The van der Waals surface area contributed by atoms with Crippen molar-refractivity contribution >= 4 is 0 Å². The largest absolute Gasteiger partial charge is 0.389 e. The van der Waals surface area contributed by atoms with Gasteiger partial charge in [0.2, 0.25) is 0 Å². The monoisotopic (exact) mass is 208 g/mol. The number of hydrogen-bond donors (Lipinski definition) is 1. The van der Waals surface area contributed by atoms with Crippen LogP contribution < -0.4 is 0 Å².